The highest BCUT2D eigenvalue weighted by molar-refractivity contribution is 8.00. The van der Waals surface area contributed by atoms with E-state index in [1.807, 2.05) is 18.8 Å². The molecule has 1 saturated heterocycles. The second kappa shape index (κ2) is 7.26. The van der Waals surface area contributed by atoms with Crippen molar-refractivity contribution >= 4 is 22.0 Å². The summed E-state index contributed by atoms with van der Waals surface area (Å²) >= 11 is 1.86. The fourth-order valence-electron chi connectivity index (χ4n) is 2.02. The van der Waals surface area contributed by atoms with Gasteiger partial charge in [0.25, 0.3) is 10.2 Å². The lowest BCUT2D eigenvalue weighted by atomic mass is 10.1. The van der Waals surface area contributed by atoms with E-state index in [0.29, 0.717) is 19.6 Å². The van der Waals surface area contributed by atoms with E-state index in [-0.39, 0.29) is 4.75 Å². The lowest BCUT2D eigenvalue weighted by Crippen LogP contribution is -2.43. The van der Waals surface area contributed by atoms with Gasteiger partial charge in [0.2, 0.25) is 0 Å². The molecule has 0 aliphatic carbocycles. The predicted octanol–water partition coefficient (Wildman–Crippen LogP) is 0.990. The van der Waals surface area contributed by atoms with Crippen molar-refractivity contribution in [2.45, 2.75) is 31.4 Å². The second-order valence-corrected chi connectivity index (χ2v) is 9.38. The monoisotopic (exact) mass is 309 g/mol. The van der Waals surface area contributed by atoms with Crippen molar-refractivity contribution < 1.29 is 8.42 Å². The molecule has 0 radical (unpaired) electrons. The van der Waals surface area contributed by atoms with Crippen LogP contribution in [0.4, 0.5) is 0 Å². The van der Waals surface area contributed by atoms with Gasteiger partial charge in [-0.3, -0.25) is 0 Å². The molecule has 7 heteroatoms. The quantitative estimate of drug-likeness (QED) is 0.744. The van der Waals surface area contributed by atoms with Gasteiger partial charge in [-0.1, -0.05) is 13.8 Å². The summed E-state index contributed by atoms with van der Waals surface area (Å²) < 4.78 is 28.2. The summed E-state index contributed by atoms with van der Waals surface area (Å²) in [5, 5.41) is 3.04. The zero-order valence-electron chi connectivity index (χ0n) is 12.5. The van der Waals surface area contributed by atoms with Crippen LogP contribution in [-0.4, -0.2) is 67.8 Å². The standard InChI is InChI=1S/C12H27N3O2S2/c1-12(2)6-9-15(10-11-18-12)19(16,17)14(4)8-5-7-13-3/h13H,5-11H2,1-4H3. The molecule has 0 saturated carbocycles. The van der Waals surface area contributed by atoms with Gasteiger partial charge in [-0.15, -0.1) is 0 Å². The Morgan fingerprint density at radius 3 is 2.68 bits per heavy atom. The molecular formula is C12H27N3O2S2. The molecule has 19 heavy (non-hydrogen) atoms. The Labute approximate surface area is 122 Å². The van der Waals surface area contributed by atoms with Gasteiger partial charge >= 0.3 is 0 Å². The third kappa shape index (κ3) is 5.23. The zero-order valence-corrected chi connectivity index (χ0v) is 14.1. The van der Waals surface area contributed by atoms with Gasteiger partial charge < -0.3 is 5.32 Å². The van der Waals surface area contributed by atoms with Crippen LogP contribution in [0, 0.1) is 0 Å². The summed E-state index contributed by atoms with van der Waals surface area (Å²) in [5.41, 5.74) is 0. The van der Waals surface area contributed by atoms with E-state index in [1.165, 1.54) is 4.31 Å². The maximum atomic E-state index is 12.5. The molecule has 0 aromatic rings. The predicted molar refractivity (Wildman–Crippen MR) is 82.8 cm³/mol. The van der Waals surface area contributed by atoms with Crippen molar-refractivity contribution in [3.8, 4) is 0 Å². The van der Waals surface area contributed by atoms with Crippen LogP contribution in [0.5, 0.6) is 0 Å². The minimum atomic E-state index is -3.29. The Hall–Kier alpha value is 0.180. The highest BCUT2D eigenvalue weighted by atomic mass is 32.2. The summed E-state index contributed by atoms with van der Waals surface area (Å²) in [5.74, 6) is 0.872. The first kappa shape index (κ1) is 17.2. The maximum Gasteiger partial charge on any atom is 0.281 e. The first-order valence-corrected chi connectivity index (χ1v) is 9.18. The molecule has 0 spiro atoms. The largest absolute Gasteiger partial charge is 0.320 e. The minimum Gasteiger partial charge on any atom is -0.320 e. The van der Waals surface area contributed by atoms with Crippen LogP contribution in [0.2, 0.25) is 0 Å². The highest BCUT2D eigenvalue weighted by Crippen LogP contribution is 2.31. The molecule has 0 aromatic carbocycles. The van der Waals surface area contributed by atoms with Crippen molar-refractivity contribution in [3.05, 3.63) is 0 Å². The number of nitrogens with one attached hydrogen (secondary N) is 1. The molecule has 0 atom stereocenters. The fourth-order valence-corrected chi connectivity index (χ4v) is 4.64. The van der Waals surface area contributed by atoms with E-state index >= 15 is 0 Å². The Balaban J connectivity index is 2.61. The van der Waals surface area contributed by atoms with Gasteiger partial charge in [0.05, 0.1) is 0 Å². The molecule has 1 fully saturated rings. The van der Waals surface area contributed by atoms with E-state index in [0.717, 1.165) is 25.1 Å². The van der Waals surface area contributed by atoms with Crippen LogP contribution in [0.15, 0.2) is 0 Å². The van der Waals surface area contributed by atoms with Crippen molar-refractivity contribution in [1.29, 1.82) is 0 Å². The second-order valence-electron chi connectivity index (χ2n) is 5.54. The number of nitrogens with zero attached hydrogens (tertiary/aromatic N) is 2. The fraction of sp³-hybridized carbons (Fsp3) is 1.00. The van der Waals surface area contributed by atoms with Crippen LogP contribution >= 0.6 is 11.8 Å². The van der Waals surface area contributed by atoms with Crippen LogP contribution in [-0.2, 0) is 10.2 Å². The van der Waals surface area contributed by atoms with E-state index in [4.69, 9.17) is 0 Å². The number of hydrogen-bond acceptors (Lipinski definition) is 4. The maximum absolute atomic E-state index is 12.5. The van der Waals surface area contributed by atoms with Crippen molar-refractivity contribution in [3.63, 3.8) is 0 Å². The molecule has 1 rings (SSSR count). The molecule has 1 aliphatic rings. The van der Waals surface area contributed by atoms with Crippen LogP contribution in [0.3, 0.4) is 0 Å². The SMILES string of the molecule is CNCCCN(C)S(=O)(=O)N1CCSC(C)(C)CC1. The molecule has 0 amide bonds. The summed E-state index contributed by atoms with van der Waals surface area (Å²) in [6, 6.07) is 0. The molecule has 1 heterocycles. The summed E-state index contributed by atoms with van der Waals surface area (Å²) in [4.78, 5) is 0. The lowest BCUT2D eigenvalue weighted by molar-refractivity contribution is 0.360. The average Bonchev–Trinajstić information content (AvgIpc) is 2.50. The van der Waals surface area contributed by atoms with Gasteiger partial charge in [0.15, 0.2) is 0 Å². The minimum absolute atomic E-state index is 0.176. The lowest BCUT2D eigenvalue weighted by Gasteiger charge is -2.27. The molecule has 0 unspecified atom stereocenters. The molecule has 5 nitrogen and oxygen atoms in total. The van der Waals surface area contributed by atoms with E-state index in [9.17, 15) is 8.42 Å². The number of hydrogen-bond donors (Lipinski definition) is 1. The zero-order chi connectivity index (χ0) is 14.5. The van der Waals surface area contributed by atoms with E-state index < -0.39 is 10.2 Å². The molecule has 1 aliphatic heterocycles. The Morgan fingerprint density at radius 2 is 2.05 bits per heavy atom. The summed E-state index contributed by atoms with van der Waals surface area (Å²) in [7, 11) is 0.262. The third-order valence-electron chi connectivity index (χ3n) is 3.42. The first-order chi connectivity index (χ1) is 8.79. The molecule has 0 bridgehead atoms. The normalized spacial score (nSPS) is 21.5. The Bertz CT molecular complexity index is 371. The first-order valence-electron chi connectivity index (χ1n) is 6.79. The van der Waals surface area contributed by atoms with Crippen molar-refractivity contribution in [2.75, 3.05) is 46.0 Å². The molecular weight excluding hydrogens is 282 g/mol. The number of thioether (sulfide) groups is 1. The Morgan fingerprint density at radius 1 is 1.37 bits per heavy atom. The van der Waals surface area contributed by atoms with Crippen molar-refractivity contribution in [2.24, 2.45) is 0 Å². The van der Waals surface area contributed by atoms with Crippen LogP contribution in [0.1, 0.15) is 26.7 Å². The molecule has 0 aromatic heterocycles. The van der Waals surface area contributed by atoms with Crippen LogP contribution in [0.25, 0.3) is 0 Å². The van der Waals surface area contributed by atoms with Gasteiger partial charge in [0, 0.05) is 37.2 Å². The van der Waals surface area contributed by atoms with Gasteiger partial charge in [-0.25, -0.2) is 0 Å². The van der Waals surface area contributed by atoms with Gasteiger partial charge in [-0.05, 0) is 26.4 Å². The highest BCUT2D eigenvalue weighted by Gasteiger charge is 2.31. The van der Waals surface area contributed by atoms with E-state index in [2.05, 4.69) is 19.2 Å². The van der Waals surface area contributed by atoms with Gasteiger partial charge in [0.1, 0.15) is 0 Å². The molecule has 114 valence electrons. The topological polar surface area (TPSA) is 52.7 Å². The van der Waals surface area contributed by atoms with Crippen molar-refractivity contribution in [1.82, 2.24) is 13.9 Å². The summed E-state index contributed by atoms with van der Waals surface area (Å²) in [6.07, 6.45) is 1.74. The molecule has 1 N–H and O–H groups in total. The van der Waals surface area contributed by atoms with Gasteiger partial charge in [-0.2, -0.15) is 28.8 Å². The average molecular weight is 310 g/mol. The number of rotatable bonds is 6. The third-order valence-corrected chi connectivity index (χ3v) is 6.78. The van der Waals surface area contributed by atoms with E-state index in [1.54, 1.807) is 11.4 Å². The summed E-state index contributed by atoms with van der Waals surface area (Å²) in [6.45, 7) is 7.01. The Kier molecular flexibility index (Phi) is 6.59. The smallest absolute Gasteiger partial charge is 0.281 e. The van der Waals surface area contributed by atoms with Crippen LogP contribution < -0.4 is 5.32 Å².